The second-order valence-electron chi connectivity index (χ2n) is 5.52. The molecule has 0 aliphatic rings. The van der Waals surface area contributed by atoms with Crippen molar-refractivity contribution in [1.82, 2.24) is 14.9 Å². The third-order valence-electron chi connectivity index (χ3n) is 3.81. The lowest BCUT2D eigenvalue weighted by molar-refractivity contribution is 0.581. The molecule has 0 fully saturated rings. The summed E-state index contributed by atoms with van der Waals surface area (Å²) >= 11 is 6.07. The van der Waals surface area contributed by atoms with Gasteiger partial charge in [0.2, 0.25) is 10.0 Å². The van der Waals surface area contributed by atoms with Crippen LogP contribution in [0.4, 0.5) is 0 Å². The van der Waals surface area contributed by atoms with Crippen molar-refractivity contribution < 1.29 is 8.42 Å². The Morgan fingerprint density at radius 3 is 2.56 bits per heavy atom. The maximum atomic E-state index is 12.5. The van der Waals surface area contributed by atoms with E-state index in [4.69, 9.17) is 11.6 Å². The van der Waals surface area contributed by atoms with Crippen molar-refractivity contribution in [3.8, 4) is 11.1 Å². The minimum atomic E-state index is -3.63. The molecule has 3 rings (SSSR count). The monoisotopic (exact) mass is 373 g/mol. The second kappa shape index (κ2) is 7.31. The molecule has 5 nitrogen and oxygen atoms in total. The van der Waals surface area contributed by atoms with Crippen molar-refractivity contribution >= 4 is 21.6 Å². The maximum absolute atomic E-state index is 12.5. The van der Waals surface area contributed by atoms with E-state index in [1.54, 1.807) is 48.8 Å². The molecule has 0 bridgehead atoms. The summed E-state index contributed by atoms with van der Waals surface area (Å²) in [5, 5.41) is 8.13. The van der Waals surface area contributed by atoms with Crippen molar-refractivity contribution in [2.24, 2.45) is 0 Å². The molecule has 0 aliphatic carbocycles. The Bertz CT molecular complexity index is 992. The van der Waals surface area contributed by atoms with Gasteiger partial charge >= 0.3 is 0 Å². The van der Waals surface area contributed by atoms with Crippen LogP contribution in [-0.4, -0.2) is 18.6 Å². The predicted octanol–water partition coefficient (Wildman–Crippen LogP) is 3.58. The Kier molecular flexibility index (Phi) is 5.13. The van der Waals surface area contributed by atoms with Crippen LogP contribution in [-0.2, 0) is 16.6 Å². The average molecular weight is 374 g/mol. The molecule has 0 radical (unpaired) electrons. The smallest absolute Gasteiger partial charge is 0.207 e. The topological polar surface area (TPSA) is 72.0 Å². The molecule has 0 amide bonds. The highest BCUT2D eigenvalue weighted by Gasteiger charge is 2.16. The van der Waals surface area contributed by atoms with Gasteiger partial charge in [0.05, 0.1) is 17.3 Å². The zero-order valence-corrected chi connectivity index (χ0v) is 15.1. The molecule has 0 saturated carbocycles. The zero-order valence-electron chi connectivity index (χ0n) is 13.5. The van der Waals surface area contributed by atoms with Crippen LogP contribution in [0.3, 0.4) is 0 Å². The fourth-order valence-corrected chi connectivity index (χ4v) is 3.77. The number of aromatic nitrogens is 2. The summed E-state index contributed by atoms with van der Waals surface area (Å²) < 4.78 is 27.7. The van der Waals surface area contributed by atoms with E-state index in [2.05, 4.69) is 14.9 Å². The average Bonchev–Trinajstić information content (AvgIpc) is 2.62. The van der Waals surface area contributed by atoms with E-state index in [0.29, 0.717) is 5.02 Å². The number of aryl methyl sites for hydroxylation is 1. The first-order valence-electron chi connectivity index (χ1n) is 7.58. The lowest BCUT2D eigenvalue weighted by Crippen LogP contribution is -2.23. The maximum Gasteiger partial charge on any atom is 0.240 e. The van der Waals surface area contributed by atoms with Crippen LogP contribution in [0.2, 0.25) is 5.02 Å². The molecule has 7 heteroatoms. The number of nitrogens with zero attached hydrogens (tertiary/aromatic N) is 2. The molecule has 25 heavy (non-hydrogen) atoms. The highest BCUT2D eigenvalue weighted by molar-refractivity contribution is 7.89. The molecule has 128 valence electrons. The third kappa shape index (κ3) is 4.04. The van der Waals surface area contributed by atoms with Gasteiger partial charge in [0.15, 0.2) is 0 Å². The quantitative estimate of drug-likeness (QED) is 0.741. The molecular formula is C18H16ClN3O2S. The fourth-order valence-electron chi connectivity index (χ4n) is 2.48. The number of rotatable bonds is 5. The van der Waals surface area contributed by atoms with Crippen molar-refractivity contribution in [3.63, 3.8) is 0 Å². The van der Waals surface area contributed by atoms with E-state index in [1.165, 1.54) is 0 Å². The van der Waals surface area contributed by atoms with E-state index in [-0.39, 0.29) is 11.4 Å². The van der Waals surface area contributed by atoms with Crippen LogP contribution >= 0.6 is 11.6 Å². The number of hydrogen-bond donors (Lipinski definition) is 1. The van der Waals surface area contributed by atoms with Crippen molar-refractivity contribution in [2.75, 3.05) is 0 Å². The fraction of sp³-hybridized carbons (Fsp3) is 0.111. The van der Waals surface area contributed by atoms with E-state index >= 15 is 0 Å². The minimum absolute atomic E-state index is 0.136. The van der Waals surface area contributed by atoms with Crippen LogP contribution in [0.1, 0.15) is 11.1 Å². The summed E-state index contributed by atoms with van der Waals surface area (Å²) in [4.78, 5) is 0.211. The highest BCUT2D eigenvalue weighted by Crippen LogP contribution is 2.25. The van der Waals surface area contributed by atoms with Gasteiger partial charge in [-0.1, -0.05) is 35.9 Å². The zero-order chi connectivity index (χ0) is 17.9. The molecule has 0 saturated heterocycles. The van der Waals surface area contributed by atoms with Gasteiger partial charge in [-0.25, -0.2) is 13.1 Å². The first-order chi connectivity index (χ1) is 12.0. The van der Waals surface area contributed by atoms with Crippen LogP contribution < -0.4 is 4.72 Å². The molecule has 0 atom stereocenters. The molecule has 0 spiro atoms. The summed E-state index contributed by atoms with van der Waals surface area (Å²) in [7, 11) is -3.63. The van der Waals surface area contributed by atoms with Gasteiger partial charge < -0.3 is 0 Å². The SMILES string of the molecule is Cc1cc(S(=O)(=O)NCc2ccccc2Cl)ccc1-c1ccnnc1. The molecule has 2 aromatic carbocycles. The van der Waals surface area contributed by atoms with Crippen LogP contribution in [0.25, 0.3) is 11.1 Å². The number of halogens is 1. The molecule has 0 aliphatic heterocycles. The summed E-state index contributed by atoms with van der Waals surface area (Å²) in [5.74, 6) is 0. The third-order valence-corrected chi connectivity index (χ3v) is 5.58. The first-order valence-corrected chi connectivity index (χ1v) is 9.44. The van der Waals surface area contributed by atoms with E-state index in [9.17, 15) is 8.42 Å². The minimum Gasteiger partial charge on any atom is -0.207 e. The number of nitrogens with one attached hydrogen (secondary N) is 1. The first kappa shape index (κ1) is 17.5. The van der Waals surface area contributed by atoms with Gasteiger partial charge in [0.25, 0.3) is 0 Å². The molecular weight excluding hydrogens is 358 g/mol. The van der Waals surface area contributed by atoms with E-state index in [0.717, 1.165) is 22.3 Å². The summed E-state index contributed by atoms with van der Waals surface area (Å²) in [6, 6.07) is 14.0. The van der Waals surface area contributed by atoms with Gasteiger partial charge in [0.1, 0.15) is 0 Å². The summed E-state index contributed by atoms with van der Waals surface area (Å²) in [6.07, 6.45) is 3.25. The number of sulfonamides is 1. The Morgan fingerprint density at radius 2 is 1.88 bits per heavy atom. The van der Waals surface area contributed by atoms with Crippen molar-refractivity contribution in [3.05, 3.63) is 77.1 Å². The van der Waals surface area contributed by atoms with Gasteiger partial charge in [-0.2, -0.15) is 10.2 Å². The second-order valence-corrected chi connectivity index (χ2v) is 7.70. The lowest BCUT2D eigenvalue weighted by atomic mass is 10.0. The van der Waals surface area contributed by atoms with E-state index < -0.39 is 10.0 Å². The highest BCUT2D eigenvalue weighted by atomic mass is 35.5. The number of hydrogen-bond acceptors (Lipinski definition) is 4. The van der Waals surface area contributed by atoms with Gasteiger partial charge in [-0.05, 0) is 47.9 Å². The molecule has 1 heterocycles. The predicted molar refractivity (Wildman–Crippen MR) is 97.7 cm³/mol. The Morgan fingerprint density at radius 1 is 1.08 bits per heavy atom. The van der Waals surface area contributed by atoms with Crippen LogP contribution in [0.5, 0.6) is 0 Å². The van der Waals surface area contributed by atoms with Gasteiger partial charge in [-0.3, -0.25) is 0 Å². The van der Waals surface area contributed by atoms with Gasteiger partial charge in [0, 0.05) is 17.1 Å². The number of benzene rings is 2. The summed E-state index contributed by atoms with van der Waals surface area (Å²) in [6.45, 7) is 2.00. The van der Waals surface area contributed by atoms with Crippen LogP contribution in [0.15, 0.2) is 65.8 Å². The standard InChI is InChI=1S/C18H16ClN3O2S/c1-13-10-16(6-7-17(13)14-8-9-20-21-11-14)25(23,24)22-12-15-4-2-3-5-18(15)19/h2-11,22H,12H2,1H3. The largest absolute Gasteiger partial charge is 0.240 e. The summed E-state index contributed by atoms with van der Waals surface area (Å²) in [5.41, 5.74) is 3.37. The van der Waals surface area contributed by atoms with Crippen molar-refractivity contribution in [1.29, 1.82) is 0 Å². The molecule has 3 aromatic rings. The molecule has 1 aromatic heterocycles. The Labute approximate surface area is 151 Å². The molecule has 1 N–H and O–H groups in total. The Balaban J connectivity index is 1.83. The Hall–Kier alpha value is -2.28. The van der Waals surface area contributed by atoms with E-state index in [1.807, 2.05) is 19.1 Å². The van der Waals surface area contributed by atoms with Crippen molar-refractivity contribution in [2.45, 2.75) is 18.4 Å². The van der Waals surface area contributed by atoms with Gasteiger partial charge in [-0.15, -0.1) is 0 Å². The lowest BCUT2D eigenvalue weighted by Gasteiger charge is -2.11. The van der Waals surface area contributed by atoms with Crippen LogP contribution in [0, 0.1) is 6.92 Å². The normalized spacial score (nSPS) is 11.4. The molecule has 0 unspecified atom stereocenters.